The number of hydrogen-bond acceptors (Lipinski definition) is 3. The molecule has 0 aliphatic carbocycles. The fraction of sp³-hybridized carbons (Fsp3) is 0.929. The summed E-state index contributed by atoms with van der Waals surface area (Å²) in [5, 5.41) is 0. The van der Waals surface area contributed by atoms with Crippen molar-refractivity contribution in [2.45, 2.75) is 65.0 Å². The normalized spacial score (nSPS) is 25.1. The third-order valence-corrected chi connectivity index (χ3v) is 3.41. The molecule has 1 saturated heterocycles. The molecule has 4 heteroatoms. The first-order valence-corrected chi connectivity index (χ1v) is 7.07. The standard InChI is InChI=1S/C14H28N2O2/c1-5-6-12-9-11(10-15)7-8-16(12)13(17)18-14(2,3)4/h11-12H,5-10,15H2,1-4H3. The summed E-state index contributed by atoms with van der Waals surface area (Å²) in [4.78, 5) is 14.1. The SMILES string of the molecule is CCCC1CC(CN)CCN1C(=O)OC(C)(C)C. The molecule has 4 nitrogen and oxygen atoms in total. The predicted molar refractivity (Wildman–Crippen MR) is 73.4 cm³/mol. The zero-order chi connectivity index (χ0) is 13.8. The number of likely N-dealkylation sites (tertiary alicyclic amines) is 1. The molecule has 0 aromatic rings. The zero-order valence-corrected chi connectivity index (χ0v) is 12.2. The minimum atomic E-state index is -0.418. The molecule has 1 heterocycles. The van der Waals surface area contributed by atoms with Crippen LogP contribution in [0.15, 0.2) is 0 Å². The summed E-state index contributed by atoms with van der Waals surface area (Å²) in [5.41, 5.74) is 5.33. The molecular weight excluding hydrogens is 228 g/mol. The Bertz CT molecular complexity index is 273. The Balaban J connectivity index is 2.64. The molecule has 1 amide bonds. The van der Waals surface area contributed by atoms with Gasteiger partial charge >= 0.3 is 6.09 Å². The second kappa shape index (κ2) is 6.41. The van der Waals surface area contributed by atoms with Crippen molar-refractivity contribution in [1.82, 2.24) is 4.90 Å². The lowest BCUT2D eigenvalue weighted by Crippen LogP contribution is -2.49. The Morgan fingerprint density at radius 3 is 2.61 bits per heavy atom. The number of amides is 1. The number of hydrogen-bond donors (Lipinski definition) is 1. The summed E-state index contributed by atoms with van der Waals surface area (Å²) >= 11 is 0. The second-order valence-corrected chi connectivity index (χ2v) is 6.24. The van der Waals surface area contributed by atoms with Gasteiger partial charge in [-0.25, -0.2) is 4.79 Å². The molecule has 18 heavy (non-hydrogen) atoms. The van der Waals surface area contributed by atoms with Gasteiger partial charge in [-0.15, -0.1) is 0 Å². The van der Waals surface area contributed by atoms with Crippen molar-refractivity contribution >= 4 is 6.09 Å². The van der Waals surface area contributed by atoms with Crippen LogP contribution in [0.4, 0.5) is 4.79 Å². The van der Waals surface area contributed by atoms with Crippen LogP contribution in [-0.2, 0) is 4.74 Å². The number of nitrogens with two attached hydrogens (primary N) is 1. The molecule has 0 bridgehead atoms. The molecular formula is C14H28N2O2. The highest BCUT2D eigenvalue weighted by Gasteiger charge is 2.33. The van der Waals surface area contributed by atoms with Crippen LogP contribution in [0.5, 0.6) is 0 Å². The lowest BCUT2D eigenvalue weighted by molar-refractivity contribution is 0.00381. The summed E-state index contributed by atoms with van der Waals surface area (Å²) in [6, 6.07) is 0.298. The Morgan fingerprint density at radius 2 is 2.11 bits per heavy atom. The lowest BCUT2D eigenvalue weighted by atomic mass is 9.89. The van der Waals surface area contributed by atoms with Crippen molar-refractivity contribution in [2.24, 2.45) is 11.7 Å². The molecule has 0 aromatic carbocycles. The van der Waals surface area contributed by atoms with Gasteiger partial charge in [0, 0.05) is 12.6 Å². The molecule has 2 unspecified atom stereocenters. The Kier molecular flexibility index (Phi) is 5.45. The molecule has 2 atom stereocenters. The van der Waals surface area contributed by atoms with E-state index in [0.29, 0.717) is 12.0 Å². The predicted octanol–water partition coefficient (Wildman–Crippen LogP) is 2.76. The Hall–Kier alpha value is -0.770. The number of ether oxygens (including phenoxy) is 1. The molecule has 0 spiro atoms. The maximum atomic E-state index is 12.2. The van der Waals surface area contributed by atoms with Gasteiger partial charge in [0.15, 0.2) is 0 Å². The van der Waals surface area contributed by atoms with Crippen molar-refractivity contribution in [1.29, 1.82) is 0 Å². The van der Waals surface area contributed by atoms with E-state index in [2.05, 4.69) is 6.92 Å². The number of rotatable bonds is 3. The van der Waals surface area contributed by atoms with Crippen LogP contribution < -0.4 is 5.73 Å². The van der Waals surface area contributed by atoms with E-state index >= 15 is 0 Å². The monoisotopic (exact) mass is 256 g/mol. The summed E-state index contributed by atoms with van der Waals surface area (Å²) < 4.78 is 5.48. The first-order valence-electron chi connectivity index (χ1n) is 7.07. The van der Waals surface area contributed by atoms with Crippen LogP contribution in [-0.4, -0.2) is 35.7 Å². The minimum Gasteiger partial charge on any atom is -0.444 e. The van der Waals surface area contributed by atoms with Gasteiger partial charge in [-0.2, -0.15) is 0 Å². The van der Waals surface area contributed by atoms with Crippen molar-refractivity contribution < 1.29 is 9.53 Å². The third-order valence-electron chi connectivity index (χ3n) is 3.41. The molecule has 1 rings (SSSR count). The summed E-state index contributed by atoms with van der Waals surface area (Å²) in [7, 11) is 0. The largest absolute Gasteiger partial charge is 0.444 e. The average Bonchev–Trinajstić information content (AvgIpc) is 2.27. The summed E-state index contributed by atoms with van der Waals surface area (Å²) in [6.07, 6.45) is 3.97. The quantitative estimate of drug-likeness (QED) is 0.844. The Morgan fingerprint density at radius 1 is 1.44 bits per heavy atom. The number of nitrogens with zero attached hydrogens (tertiary/aromatic N) is 1. The van der Waals surface area contributed by atoms with E-state index in [1.54, 1.807) is 0 Å². The van der Waals surface area contributed by atoms with Gasteiger partial charge in [0.05, 0.1) is 0 Å². The van der Waals surface area contributed by atoms with Crippen molar-refractivity contribution in [2.75, 3.05) is 13.1 Å². The number of carbonyl (C=O) groups excluding carboxylic acids is 1. The van der Waals surface area contributed by atoms with Gasteiger partial charge in [-0.3, -0.25) is 0 Å². The molecule has 106 valence electrons. The first kappa shape index (κ1) is 15.3. The first-order chi connectivity index (χ1) is 8.37. The van der Waals surface area contributed by atoms with E-state index in [0.717, 1.165) is 38.8 Å². The molecule has 0 aromatic heterocycles. The zero-order valence-electron chi connectivity index (χ0n) is 12.2. The topological polar surface area (TPSA) is 55.6 Å². The van der Waals surface area contributed by atoms with Gasteiger partial charge in [0.1, 0.15) is 5.60 Å². The maximum Gasteiger partial charge on any atom is 0.410 e. The highest BCUT2D eigenvalue weighted by molar-refractivity contribution is 5.68. The van der Waals surface area contributed by atoms with Gasteiger partial charge in [0.2, 0.25) is 0 Å². The van der Waals surface area contributed by atoms with Crippen LogP contribution in [0.1, 0.15) is 53.4 Å². The molecule has 1 aliphatic rings. The van der Waals surface area contributed by atoms with Crippen LogP contribution in [0.3, 0.4) is 0 Å². The van der Waals surface area contributed by atoms with Crippen molar-refractivity contribution in [3.63, 3.8) is 0 Å². The average molecular weight is 256 g/mol. The fourth-order valence-corrected chi connectivity index (χ4v) is 2.52. The smallest absolute Gasteiger partial charge is 0.410 e. The summed E-state index contributed by atoms with van der Waals surface area (Å²) in [5.74, 6) is 0.556. The molecule has 2 N–H and O–H groups in total. The highest BCUT2D eigenvalue weighted by Crippen LogP contribution is 2.26. The van der Waals surface area contributed by atoms with Gasteiger partial charge in [-0.1, -0.05) is 13.3 Å². The molecule has 1 fully saturated rings. The lowest BCUT2D eigenvalue weighted by Gasteiger charge is -2.39. The van der Waals surface area contributed by atoms with E-state index in [-0.39, 0.29) is 6.09 Å². The number of carbonyl (C=O) groups is 1. The van der Waals surface area contributed by atoms with Gasteiger partial charge < -0.3 is 15.4 Å². The van der Waals surface area contributed by atoms with Crippen LogP contribution in [0.25, 0.3) is 0 Å². The minimum absolute atomic E-state index is 0.170. The third kappa shape index (κ3) is 4.48. The van der Waals surface area contributed by atoms with Crippen LogP contribution in [0.2, 0.25) is 0 Å². The maximum absolute atomic E-state index is 12.2. The summed E-state index contributed by atoms with van der Waals surface area (Å²) in [6.45, 7) is 9.38. The van der Waals surface area contributed by atoms with E-state index < -0.39 is 5.60 Å². The molecule has 0 saturated carbocycles. The highest BCUT2D eigenvalue weighted by atomic mass is 16.6. The van der Waals surface area contributed by atoms with Crippen LogP contribution >= 0.6 is 0 Å². The molecule has 1 aliphatic heterocycles. The van der Waals surface area contributed by atoms with E-state index in [1.165, 1.54) is 0 Å². The van der Waals surface area contributed by atoms with Crippen LogP contribution in [0, 0.1) is 5.92 Å². The van der Waals surface area contributed by atoms with Gasteiger partial charge in [0.25, 0.3) is 0 Å². The Labute approximate surface area is 111 Å². The van der Waals surface area contributed by atoms with E-state index in [4.69, 9.17) is 10.5 Å². The molecule has 0 radical (unpaired) electrons. The number of piperidine rings is 1. The van der Waals surface area contributed by atoms with E-state index in [9.17, 15) is 4.79 Å². The van der Waals surface area contributed by atoms with Crippen molar-refractivity contribution in [3.8, 4) is 0 Å². The fourth-order valence-electron chi connectivity index (χ4n) is 2.52. The van der Waals surface area contributed by atoms with Crippen molar-refractivity contribution in [3.05, 3.63) is 0 Å². The second-order valence-electron chi connectivity index (χ2n) is 6.24. The van der Waals surface area contributed by atoms with Gasteiger partial charge in [-0.05, 0) is 52.5 Å². The van der Waals surface area contributed by atoms with E-state index in [1.807, 2.05) is 25.7 Å².